The number of benzene rings is 2. The molecule has 0 atom stereocenters. The monoisotopic (exact) mass is 477 g/mol. The SMILES string of the molecule is Cc1ccc2nc3cc(N=Nc4ccc(N)nc4N)ccc3c(N)c2c1.O=S(=O)(OO)OO.[HH].[HH]. The summed E-state index contributed by atoms with van der Waals surface area (Å²) in [6.07, 6.45) is 0. The van der Waals surface area contributed by atoms with Crippen molar-refractivity contribution >= 4 is 60.9 Å². The van der Waals surface area contributed by atoms with E-state index in [1.54, 1.807) is 12.1 Å². The lowest BCUT2D eigenvalue weighted by atomic mass is 10.1. The van der Waals surface area contributed by atoms with E-state index in [2.05, 4.69) is 28.9 Å². The predicted octanol–water partition coefficient (Wildman–Crippen LogP) is 3.96. The third-order valence-electron chi connectivity index (χ3n) is 4.33. The van der Waals surface area contributed by atoms with Crippen LogP contribution in [0.2, 0.25) is 0 Å². The van der Waals surface area contributed by atoms with Crippen LogP contribution in [0.4, 0.5) is 28.7 Å². The number of nitrogens with zero attached hydrogens (tertiary/aromatic N) is 4. The van der Waals surface area contributed by atoms with Crippen LogP contribution in [0.15, 0.2) is 58.8 Å². The van der Waals surface area contributed by atoms with E-state index < -0.39 is 10.4 Å². The van der Waals surface area contributed by atoms with Gasteiger partial charge in [0.1, 0.15) is 11.5 Å². The molecule has 2 aromatic carbocycles. The third kappa shape index (κ3) is 5.65. The first-order chi connectivity index (χ1) is 15.6. The average molecular weight is 478 g/mol. The topological polar surface area (TPSA) is 222 Å². The minimum Gasteiger partial charge on any atom is -0.398 e. The molecule has 8 N–H and O–H groups in total. The zero-order valence-electron chi connectivity index (χ0n) is 17.1. The smallest absolute Gasteiger partial charge is 0.398 e. The van der Waals surface area contributed by atoms with Gasteiger partial charge in [0.15, 0.2) is 5.82 Å². The van der Waals surface area contributed by atoms with Crippen molar-refractivity contribution in [2.75, 3.05) is 17.2 Å². The Bertz CT molecular complexity index is 1460. The molecule has 0 unspecified atom stereocenters. The van der Waals surface area contributed by atoms with Crippen molar-refractivity contribution in [2.24, 2.45) is 10.2 Å². The Kier molecular flexibility index (Phi) is 6.95. The second-order valence-electron chi connectivity index (χ2n) is 6.65. The fourth-order valence-corrected chi connectivity index (χ4v) is 2.86. The number of fused-ring (bicyclic) bond motifs is 2. The van der Waals surface area contributed by atoms with Gasteiger partial charge in [-0.2, -0.15) is 13.5 Å². The second kappa shape index (κ2) is 9.68. The predicted molar refractivity (Wildman–Crippen MR) is 126 cm³/mol. The van der Waals surface area contributed by atoms with Crippen molar-refractivity contribution in [3.8, 4) is 0 Å². The van der Waals surface area contributed by atoms with Crippen LogP contribution in [0.1, 0.15) is 8.42 Å². The van der Waals surface area contributed by atoms with Crippen LogP contribution in [0.5, 0.6) is 0 Å². The zero-order chi connectivity index (χ0) is 24.2. The molecule has 0 aliphatic heterocycles. The van der Waals surface area contributed by atoms with E-state index in [1.165, 1.54) is 0 Å². The molecule has 0 fully saturated rings. The third-order valence-corrected chi connectivity index (χ3v) is 4.70. The van der Waals surface area contributed by atoms with Gasteiger partial charge in [0.2, 0.25) is 0 Å². The average Bonchev–Trinajstić information content (AvgIpc) is 2.79. The molecule has 14 heteroatoms. The first-order valence-corrected chi connectivity index (χ1v) is 10.4. The quantitative estimate of drug-likeness (QED) is 0.122. The Hall–Kier alpha value is -3.95. The summed E-state index contributed by atoms with van der Waals surface area (Å²) in [4.78, 5) is 8.65. The number of rotatable bonds is 4. The molecule has 0 spiro atoms. The molecule has 2 heterocycles. The maximum atomic E-state index is 9.42. The van der Waals surface area contributed by atoms with Gasteiger partial charge in [-0.3, -0.25) is 0 Å². The van der Waals surface area contributed by atoms with E-state index in [0.29, 0.717) is 22.9 Å². The van der Waals surface area contributed by atoms with Gasteiger partial charge >= 0.3 is 10.4 Å². The van der Waals surface area contributed by atoms with E-state index >= 15 is 0 Å². The molecule has 0 amide bonds. The zero-order valence-corrected chi connectivity index (χ0v) is 17.9. The summed E-state index contributed by atoms with van der Waals surface area (Å²) in [5, 5.41) is 24.6. The van der Waals surface area contributed by atoms with E-state index in [9.17, 15) is 8.42 Å². The van der Waals surface area contributed by atoms with Crippen LogP contribution in [-0.2, 0) is 19.1 Å². The van der Waals surface area contributed by atoms with Gasteiger partial charge in [-0.15, -0.1) is 5.11 Å². The maximum absolute atomic E-state index is 9.42. The van der Waals surface area contributed by atoms with Crippen molar-refractivity contribution in [1.82, 2.24) is 9.97 Å². The molecule has 0 aliphatic carbocycles. The Morgan fingerprint density at radius 2 is 1.61 bits per heavy atom. The van der Waals surface area contributed by atoms with Crippen molar-refractivity contribution in [1.29, 1.82) is 0 Å². The molecule has 0 bridgehead atoms. The number of anilines is 3. The fourth-order valence-electron chi connectivity index (χ4n) is 2.83. The van der Waals surface area contributed by atoms with E-state index in [-0.39, 0.29) is 8.67 Å². The van der Waals surface area contributed by atoms with Gasteiger partial charge in [-0.1, -0.05) is 20.3 Å². The number of nitrogen functional groups attached to an aromatic ring is 3. The van der Waals surface area contributed by atoms with Crippen molar-refractivity contribution in [3.63, 3.8) is 0 Å². The highest BCUT2D eigenvalue weighted by atomic mass is 32.3. The molecule has 4 aromatic rings. The molecule has 0 aliphatic rings. The number of aryl methyl sites for hydroxylation is 1. The highest BCUT2D eigenvalue weighted by molar-refractivity contribution is 7.81. The van der Waals surface area contributed by atoms with Gasteiger partial charge < -0.3 is 17.2 Å². The number of hydrogen-bond donors (Lipinski definition) is 5. The van der Waals surface area contributed by atoms with Gasteiger partial charge in [-0.25, -0.2) is 20.5 Å². The van der Waals surface area contributed by atoms with Crippen molar-refractivity contribution < 1.29 is 30.5 Å². The molecule has 0 saturated carbocycles. The molecule has 2 aromatic heterocycles. The Labute approximate surface area is 190 Å². The molecular weight excluding hydrogens is 454 g/mol. The summed E-state index contributed by atoms with van der Waals surface area (Å²) in [7, 11) is -4.55. The largest absolute Gasteiger partial charge is 0.452 e. The number of pyridine rings is 2. The number of nitrogens with two attached hydrogens (primary N) is 3. The second-order valence-corrected chi connectivity index (χ2v) is 7.76. The van der Waals surface area contributed by atoms with Crippen LogP contribution in [0.25, 0.3) is 21.8 Å². The van der Waals surface area contributed by atoms with Crippen LogP contribution in [0, 0.1) is 6.92 Å². The van der Waals surface area contributed by atoms with E-state index in [0.717, 1.165) is 27.4 Å². The summed E-state index contributed by atoms with van der Waals surface area (Å²) >= 11 is 0. The van der Waals surface area contributed by atoms with E-state index in [1.807, 2.05) is 43.3 Å². The molecule has 176 valence electrons. The van der Waals surface area contributed by atoms with Crippen molar-refractivity contribution in [3.05, 3.63) is 54.1 Å². The fraction of sp³-hybridized carbons (Fsp3) is 0.0526. The highest BCUT2D eigenvalue weighted by Gasteiger charge is 2.08. The van der Waals surface area contributed by atoms with Gasteiger partial charge in [0.25, 0.3) is 0 Å². The van der Waals surface area contributed by atoms with E-state index in [4.69, 9.17) is 27.7 Å². The first-order valence-electron chi connectivity index (χ1n) is 9.08. The molecule has 0 radical (unpaired) electrons. The van der Waals surface area contributed by atoms with Crippen LogP contribution in [-0.4, -0.2) is 28.9 Å². The molecule has 0 saturated heterocycles. The summed E-state index contributed by atoms with van der Waals surface area (Å²) < 4.78 is 24.0. The Morgan fingerprint density at radius 3 is 2.24 bits per heavy atom. The lowest BCUT2D eigenvalue weighted by molar-refractivity contribution is -0.198. The highest BCUT2D eigenvalue weighted by Crippen LogP contribution is 2.32. The number of aromatic nitrogens is 2. The Morgan fingerprint density at radius 1 is 0.879 bits per heavy atom. The summed E-state index contributed by atoms with van der Waals surface area (Å²) in [5.74, 6) is 0.576. The molecule has 4 rings (SSSR count). The maximum Gasteiger partial charge on any atom is 0.452 e. The van der Waals surface area contributed by atoms with Crippen LogP contribution >= 0.6 is 0 Å². The minimum absolute atomic E-state index is 0. The standard InChI is InChI=1S/C19H17N7.H2O6S.2H2/c1-10-2-5-14-13(8-10)18(21)12-4-3-11(9-16(12)23-14)25-26-15-6-7-17(20)24-19(15)22;1-5-7(3,4)6-2;;/h2-9H,1H3,(H2,21,23)(H4,20,22,24);1-2H;2*1H. The summed E-state index contributed by atoms with van der Waals surface area (Å²) in [6, 6.07) is 14.9. The van der Waals surface area contributed by atoms with Gasteiger partial charge in [0, 0.05) is 13.6 Å². The van der Waals surface area contributed by atoms with Crippen LogP contribution in [0.3, 0.4) is 0 Å². The molecular formula is C19H23N7O6S. The molecule has 13 nitrogen and oxygen atoms in total. The number of azo groups is 1. The molecule has 33 heavy (non-hydrogen) atoms. The Balaban J connectivity index is 0.000000601. The minimum atomic E-state index is -4.55. The summed E-state index contributed by atoms with van der Waals surface area (Å²) in [6.45, 7) is 2.03. The van der Waals surface area contributed by atoms with Crippen LogP contribution < -0.4 is 17.2 Å². The number of hydrogen-bond acceptors (Lipinski definition) is 13. The summed E-state index contributed by atoms with van der Waals surface area (Å²) in [5.41, 5.74) is 22.3. The van der Waals surface area contributed by atoms with Gasteiger partial charge in [-0.05, 0) is 49.4 Å². The van der Waals surface area contributed by atoms with Gasteiger partial charge in [0.05, 0.1) is 22.4 Å². The first kappa shape index (κ1) is 23.7. The lowest BCUT2D eigenvalue weighted by Gasteiger charge is -2.08. The van der Waals surface area contributed by atoms with Crippen molar-refractivity contribution in [2.45, 2.75) is 6.92 Å². The normalized spacial score (nSPS) is 11.6. The lowest BCUT2D eigenvalue weighted by Crippen LogP contribution is -2.03.